The summed E-state index contributed by atoms with van der Waals surface area (Å²) in [5.74, 6) is 0.231. The first-order valence-electron chi connectivity index (χ1n) is 10.1. The molecule has 0 unspecified atom stereocenters. The zero-order chi connectivity index (χ0) is 23.0. The highest BCUT2D eigenvalue weighted by atomic mass is 19.1. The van der Waals surface area contributed by atoms with E-state index in [1.807, 2.05) is 18.2 Å². The van der Waals surface area contributed by atoms with Gasteiger partial charge < -0.3 is 25.1 Å². The average molecular weight is 445 g/mol. The van der Waals surface area contributed by atoms with Gasteiger partial charge in [0.15, 0.2) is 5.76 Å². The van der Waals surface area contributed by atoms with Crippen molar-refractivity contribution in [2.75, 3.05) is 16.0 Å². The average Bonchev–Trinajstić information content (AvgIpc) is 3.29. The number of carbonyl (C=O) groups excluding carboxylic acids is 2. The van der Waals surface area contributed by atoms with E-state index < -0.39 is 11.9 Å². The Morgan fingerprint density at radius 1 is 0.758 bits per heavy atom. The maximum absolute atomic E-state index is 13.0. The number of benzene rings is 3. The standard InChI is InChI=1S/C25H20FN3O4/c26-17-9-11-21(12-10-17)32-16-22-13-14-23(33-22)24(30)27-19-7-4-8-20(15-19)29-25(31)28-18-5-2-1-3-6-18/h1-15H,16H2,(H,27,30)(H2,28,29,31). The van der Waals surface area contributed by atoms with E-state index in [0.29, 0.717) is 28.6 Å². The van der Waals surface area contributed by atoms with Crippen molar-refractivity contribution in [1.29, 1.82) is 0 Å². The van der Waals surface area contributed by atoms with Gasteiger partial charge in [0.1, 0.15) is 23.9 Å². The molecular formula is C25H20FN3O4. The molecule has 0 aliphatic carbocycles. The van der Waals surface area contributed by atoms with E-state index in [1.54, 1.807) is 42.5 Å². The summed E-state index contributed by atoms with van der Waals surface area (Å²) in [6.07, 6.45) is 0. The Labute approximate surface area is 189 Å². The van der Waals surface area contributed by atoms with Crippen LogP contribution in [0.25, 0.3) is 0 Å². The summed E-state index contributed by atoms with van der Waals surface area (Å²) in [6.45, 7) is 0.0921. The number of furan rings is 1. The molecule has 0 radical (unpaired) electrons. The molecule has 4 rings (SSSR count). The molecule has 3 amide bonds. The normalized spacial score (nSPS) is 10.3. The number of halogens is 1. The van der Waals surface area contributed by atoms with Crippen LogP contribution >= 0.6 is 0 Å². The van der Waals surface area contributed by atoms with Gasteiger partial charge in [0, 0.05) is 17.1 Å². The van der Waals surface area contributed by atoms with Gasteiger partial charge in [-0.25, -0.2) is 9.18 Å². The molecule has 3 N–H and O–H groups in total. The lowest BCUT2D eigenvalue weighted by atomic mass is 10.2. The van der Waals surface area contributed by atoms with Gasteiger partial charge in [0.05, 0.1) is 0 Å². The van der Waals surface area contributed by atoms with Crippen LogP contribution in [0.1, 0.15) is 16.3 Å². The van der Waals surface area contributed by atoms with Crippen LogP contribution in [0, 0.1) is 5.82 Å². The van der Waals surface area contributed by atoms with Crippen molar-refractivity contribution in [1.82, 2.24) is 0 Å². The van der Waals surface area contributed by atoms with Crippen LogP contribution in [0.15, 0.2) is 95.4 Å². The third-order valence-corrected chi connectivity index (χ3v) is 4.49. The van der Waals surface area contributed by atoms with Crippen molar-refractivity contribution in [3.63, 3.8) is 0 Å². The first-order valence-corrected chi connectivity index (χ1v) is 10.1. The molecule has 1 aromatic heterocycles. The Bertz CT molecular complexity index is 1240. The van der Waals surface area contributed by atoms with E-state index in [0.717, 1.165) is 0 Å². The molecule has 0 bridgehead atoms. The van der Waals surface area contributed by atoms with Crippen molar-refractivity contribution in [3.8, 4) is 5.75 Å². The van der Waals surface area contributed by atoms with E-state index >= 15 is 0 Å². The first-order chi connectivity index (χ1) is 16.0. The Balaban J connectivity index is 1.32. The van der Waals surface area contributed by atoms with Crippen LogP contribution < -0.4 is 20.7 Å². The monoisotopic (exact) mass is 445 g/mol. The molecule has 0 aliphatic rings. The van der Waals surface area contributed by atoms with Crippen molar-refractivity contribution < 1.29 is 23.1 Å². The minimum absolute atomic E-state index is 0.0921. The zero-order valence-corrected chi connectivity index (χ0v) is 17.4. The summed E-state index contributed by atoms with van der Waals surface area (Å²) in [7, 11) is 0. The quantitative estimate of drug-likeness (QED) is 0.331. The Kier molecular flexibility index (Phi) is 6.65. The number of para-hydroxylation sites is 1. The number of amides is 3. The Morgan fingerprint density at radius 2 is 1.42 bits per heavy atom. The predicted octanol–water partition coefficient (Wildman–Crippen LogP) is 5.89. The largest absolute Gasteiger partial charge is 0.486 e. The van der Waals surface area contributed by atoms with Gasteiger partial charge in [-0.2, -0.15) is 0 Å². The minimum Gasteiger partial charge on any atom is -0.486 e. The number of ether oxygens (including phenoxy) is 1. The smallest absolute Gasteiger partial charge is 0.323 e. The number of rotatable bonds is 7. The van der Waals surface area contributed by atoms with Gasteiger partial charge in [0.2, 0.25) is 0 Å². The van der Waals surface area contributed by atoms with Gasteiger partial charge >= 0.3 is 6.03 Å². The lowest BCUT2D eigenvalue weighted by molar-refractivity contribution is 0.0992. The third kappa shape index (κ3) is 6.20. The number of anilines is 3. The van der Waals surface area contributed by atoms with Crippen molar-refractivity contribution in [3.05, 3.63) is 108 Å². The van der Waals surface area contributed by atoms with Gasteiger partial charge in [-0.1, -0.05) is 24.3 Å². The molecular weight excluding hydrogens is 425 g/mol. The molecule has 0 aliphatic heterocycles. The SMILES string of the molecule is O=C(Nc1ccccc1)Nc1cccc(NC(=O)c2ccc(COc3ccc(F)cc3)o2)c1. The Morgan fingerprint density at radius 3 is 2.18 bits per heavy atom. The van der Waals surface area contributed by atoms with Gasteiger partial charge in [0.25, 0.3) is 5.91 Å². The van der Waals surface area contributed by atoms with Crippen molar-refractivity contribution in [2.45, 2.75) is 6.61 Å². The van der Waals surface area contributed by atoms with E-state index in [4.69, 9.17) is 9.15 Å². The summed E-state index contributed by atoms with van der Waals surface area (Å²) in [5.41, 5.74) is 1.66. The summed E-state index contributed by atoms with van der Waals surface area (Å²) in [4.78, 5) is 24.7. The summed E-state index contributed by atoms with van der Waals surface area (Å²) in [5, 5.41) is 8.17. The fraction of sp³-hybridized carbons (Fsp3) is 0.0400. The highest BCUT2D eigenvalue weighted by Gasteiger charge is 2.13. The predicted molar refractivity (Wildman–Crippen MR) is 123 cm³/mol. The van der Waals surface area contributed by atoms with E-state index in [1.165, 1.54) is 30.3 Å². The topological polar surface area (TPSA) is 92.6 Å². The molecule has 33 heavy (non-hydrogen) atoms. The lowest BCUT2D eigenvalue weighted by Gasteiger charge is -2.09. The number of urea groups is 1. The molecule has 0 saturated heterocycles. The van der Waals surface area contributed by atoms with Crippen LogP contribution in [0.5, 0.6) is 5.75 Å². The third-order valence-electron chi connectivity index (χ3n) is 4.49. The molecule has 0 saturated carbocycles. The van der Waals surface area contributed by atoms with Crippen LogP contribution in [0.2, 0.25) is 0 Å². The second kappa shape index (κ2) is 10.1. The fourth-order valence-electron chi connectivity index (χ4n) is 2.95. The fourth-order valence-corrected chi connectivity index (χ4v) is 2.95. The maximum Gasteiger partial charge on any atom is 0.323 e. The minimum atomic E-state index is -0.450. The van der Waals surface area contributed by atoms with E-state index in [9.17, 15) is 14.0 Å². The highest BCUT2D eigenvalue weighted by Crippen LogP contribution is 2.19. The van der Waals surface area contributed by atoms with E-state index in [-0.39, 0.29) is 18.2 Å². The molecule has 3 aromatic carbocycles. The zero-order valence-electron chi connectivity index (χ0n) is 17.4. The summed E-state index contributed by atoms with van der Waals surface area (Å²) < 4.78 is 24.0. The van der Waals surface area contributed by atoms with Gasteiger partial charge in [-0.15, -0.1) is 0 Å². The van der Waals surface area contributed by atoms with Crippen LogP contribution in [0.3, 0.4) is 0 Å². The van der Waals surface area contributed by atoms with Crippen molar-refractivity contribution >= 4 is 29.0 Å². The lowest BCUT2D eigenvalue weighted by Crippen LogP contribution is -2.19. The second-order valence-electron chi connectivity index (χ2n) is 6.99. The number of nitrogens with one attached hydrogen (secondary N) is 3. The Hall–Kier alpha value is -4.59. The van der Waals surface area contributed by atoms with Crippen LogP contribution in [-0.4, -0.2) is 11.9 Å². The highest BCUT2D eigenvalue weighted by molar-refractivity contribution is 6.03. The molecule has 8 heteroatoms. The van der Waals surface area contributed by atoms with E-state index in [2.05, 4.69) is 16.0 Å². The molecule has 7 nitrogen and oxygen atoms in total. The maximum atomic E-state index is 13.0. The summed E-state index contributed by atoms with van der Waals surface area (Å²) >= 11 is 0. The molecule has 166 valence electrons. The molecule has 0 fully saturated rings. The van der Waals surface area contributed by atoms with Gasteiger partial charge in [-0.3, -0.25) is 4.79 Å². The molecule has 1 heterocycles. The molecule has 0 atom stereocenters. The van der Waals surface area contributed by atoms with Crippen LogP contribution in [0.4, 0.5) is 26.2 Å². The number of hydrogen-bond donors (Lipinski definition) is 3. The molecule has 4 aromatic rings. The van der Waals surface area contributed by atoms with Crippen LogP contribution in [-0.2, 0) is 6.61 Å². The second-order valence-corrected chi connectivity index (χ2v) is 6.99. The van der Waals surface area contributed by atoms with Crippen molar-refractivity contribution in [2.24, 2.45) is 0 Å². The summed E-state index contributed by atoms with van der Waals surface area (Å²) in [6, 6.07) is 24.2. The molecule has 0 spiro atoms. The number of hydrogen-bond acceptors (Lipinski definition) is 4. The van der Waals surface area contributed by atoms with Gasteiger partial charge in [-0.05, 0) is 66.7 Å². The first kappa shape index (κ1) is 21.6. The number of carbonyl (C=O) groups is 2.